The maximum absolute atomic E-state index is 12.5. The molecule has 32 heavy (non-hydrogen) atoms. The van der Waals surface area contributed by atoms with Crippen LogP contribution in [0.1, 0.15) is 11.1 Å². The van der Waals surface area contributed by atoms with Gasteiger partial charge in [-0.3, -0.25) is 9.69 Å². The van der Waals surface area contributed by atoms with Gasteiger partial charge in [-0.1, -0.05) is 54.1 Å². The third-order valence-electron chi connectivity index (χ3n) is 5.48. The minimum absolute atomic E-state index is 0.0144. The molecule has 3 aromatic carbocycles. The predicted octanol–water partition coefficient (Wildman–Crippen LogP) is 4.64. The maximum atomic E-state index is 12.5. The predicted molar refractivity (Wildman–Crippen MR) is 126 cm³/mol. The van der Waals surface area contributed by atoms with Gasteiger partial charge < -0.3 is 14.4 Å². The molecule has 0 atom stereocenters. The van der Waals surface area contributed by atoms with Gasteiger partial charge in [-0.2, -0.15) is 0 Å². The Labute approximate surface area is 194 Å². The Morgan fingerprint density at radius 1 is 0.750 bits per heavy atom. The average molecular weight is 451 g/mol. The van der Waals surface area contributed by atoms with Crippen LogP contribution in [0.4, 0.5) is 0 Å². The normalized spacial score (nSPS) is 14.2. The van der Waals surface area contributed by atoms with Crippen LogP contribution in [-0.4, -0.2) is 48.5 Å². The van der Waals surface area contributed by atoms with Gasteiger partial charge in [0, 0.05) is 37.7 Å². The zero-order valence-corrected chi connectivity index (χ0v) is 18.7. The van der Waals surface area contributed by atoms with E-state index >= 15 is 0 Å². The van der Waals surface area contributed by atoms with Crippen molar-refractivity contribution in [1.29, 1.82) is 0 Å². The van der Waals surface area contributed by atoms with Crippen molar-refractivity contribution < 1.29 is 14.3 Å². The van der Waals surface area contributed by atoms with Crippen LogP contribution in [0.15, 0.2) is 78.9 Å². The lowest BCUT2D eigenvalue weighted by Gasteiger charge is -2.34. The molecule has 1 amide bonds. The van der Waals surface area contributed by atoms with Gasteiger partial charge in [0.05, 0.1) is 0 Å². The summed E-state index contributed by atoms with van der Waals surface area (Å²) >= 11 is 5.95. The number of hydrogen-bond acceptors (Lipinski definition) is 4. The Kier molecular flexibility index (Phi) is 7.64. The monoisotopic (exact) mass is 450 g/mol. The van der Waals surface area contributed by atoms with E-state index in [9.17, 15) is 4.79 Å². The highest BCUT2D eigenvalue weighted by molar-refractivity contribution is 6.30. The van der Waals surface area contributed by atoms with Gasteiger partial charge in [-0.25, -0.2) is 0 Å². The molecule has 0 saturated carbocycles. The molecule has 166 valence electrons. The number of nitrogens with zero attached hydrogens (tertiary/aromatic N) is 2. The fourth-order valence-corrected chi connectivity index (χ4v) is 3.74. The first-order valence-electron chi connectivity index (χ1n) is 10.8. The summed E-state index contributed by atoms with van der Waals surface area (Å²) in [5.74, 6) is 1.44. The molecule has 6 heteroatoms. The summed E-state index contributed by atoms with van der Waals surface area (Å²) in [5.41, 5.74) is 2.35. The molecular weight excluding hydrogens is 424 g/mol. The lowest BCUT2D eigenvalue weighted by atomic mass is 10.2. The number of carbonyl (C=O) groups is 1. The van der Waals surface area contributed by atoms with Gasteiger partial charge in [0.1, 0.15) is 18.1 Å². The third kappa shape index (κ3) is 6.49. The molecule has 1 saturated heterocycles. The van der Waals surface area contributed by atoms with Crippen molar-refractivity contribution in [3.63, 3.8) is 0 Å². The topological polar surface area (TPSA) is 42.0 Å². The largest absolute Gasteiger partial charge is 0.489 e. The molecular formula is C26H27ClN2O3. The third-order valence-corrected chi connectivity index (χ3v) is 5.73. The van der Waals surface area contributed by atoms with Crippen LogP contribution < -0.4 is 9.47 Å². The fraction of sp³-hybridized carbons (Fsp3) is 0.269. The summed E-state index contributed by atoms with van der Waals surface area (Å²) in [6.07, 6.45) is 0. The van der Waals surface area contributed by atoms with Crippen LogP contribution in [0.3, 0.4) is 0 Å². The molecule has 0 spiro atoms. The zero-order chi connectivity index (χ0) is 22.2. The SMILES string of the molecule is O=C(COc1ccc(OCc2ccccc2)cc1)N1CCN(Cc2ccc(Cl)cc2)CC1. The Hall–Kier alpha value is -3.02. The number of benzene rings is 3. The van der Waals surface area contributed by atoms with Gasteiger partial charge in [0.15, 0.2) is 6.61 Å². The highest BCUT2D eigenvalue weighted by atomic mass is 35.5. The summed E-state index contributed by atoms with van der Waals surface area (Å²) < 4.78 is 11.5. The molecule has 1 heterocycles. The Balaban J connectivity index is 1.17. The van der Waals surface area contributed by atoms with Crippen LogP contribution >= 0.6 is 11.6 Å². The first kappa shape index (κ1) is 22.2. The van der Waals surface area contributed by atoms with E-state index in [1.165, 1.54) is 5.56 Å². The van der Waals surface area contributed by atoms with Crippen LogP contribution in [0, 0.1) is 0 Å². The second-order valence-corrected chi connectivity index (χ2v) is 8.25. The Bertz CT molecular complexity index is 986. The molecule has 1 fully saturated rings. The number of piperazine rings is 1. The van der Waals surface area contributed by atoms with Crippen molar-refractivity contribution in [2.45, 2.75) is 13.2 Å². The van der Waals surface area contributed by atoms with E-state index in [2.05, 4.69) is 4.90 Å². The van der Waals surface area contributed by atoms with Crippen molar-refractivity contribution in [2.75, 3.05) is 32.8 Å². The molecule has 5 nitrogen and oxygen atoms in total. The van der Waals surface area contributed by atoms with E-state index in [4.69, 9.17) is 21.1 Å². The number of carbonyl (C=O) groups excluding carboxylic acids is 1. The summed E-state index contributed by atoms with van der Waals surface area (Å²) in [6.45, 7) is 4.55. The molecule has 3 aromatic rings. The minimum Gasteiger partial charge on any atom is -0.489 e. The first-order chi connectivity index (χ1) is 15.7. The summed E-state index contributed by atoms with van der Waals surface area (Å²) in [5, 5.41) is 0.749. The van der Waals surface area contributed by atoms with Gasteiger partial charge in [-0.05, 0) is 47.5 Å². The fourth-order valence-electron chi connectivity index (χ4n) is 3.61. The number of amides is 1. The number of ether oxygens (including phenoxy) is 2. The second kappa shape index (κ2) is 11.0. The average Bonchev–Trinajstić information content (AvgIpc) is 2.84. The lowest BCUT2D eigenvalue weighted by Crippen LogP contribution is -2.49. The second-order valence-electron chi connectivity index (χ2n) is 7.82. The van der Waals surface area contributed by atoms with Crippen LogP contribution in [-0.2, 0) is 17.9 Å². The molecule has 0 radical (unpaired) electrons. The molecule has 1 aliphatic heterocycles. The number of halogens is 1. The van der Waals surface area contributed by atoms with E-state index in [0.717, 1.165) is 36.0 Å². The Morgan fingerprint density at radius 2 is 1.38 bits per heavy atom. The molecule has 4 rings (SSSR count). The van der Waals surface area contributed by atoms with Crippen molar-refractivity contribution in [3.05, 3.63) is 95.0 Å². The summed E-state index contributed by atoms with van der Waals surface area (Å²) in [7, 11) is 0. The summed E-state index contributed by atoms with van der Waals surface area (Å²) in [4.78, 5) is 16.8. The van der Waals surface area contributed by atoms with E-state index in [1.807, 2.05) is 83.8 Å². The highest BCUT2D eigenvalue weighted by Gasteiger charge is 2.21. The van der Waals surface area contributed by atoms with Crippen LogP contribution in [0.5, 0.6) is 11.5 Å². The van der Waals surface area contributed by atoms with Gasteiger partial charge in [-0.15, -0.1) is 0 Å². The molecule has 0 bridgehead atoms. The quantitative estimate of drug-likeness (QED) is 0.501. The number of hydrogen-bond donors (Lipinski definition) is 0. The molecule has 0 unspecified atom stereocenters. The minimum atomic E-state index is 0.0144. The highest BCUT2D eigenvalue weighted by Crippen LogP contribution is 2.19. The van der Waals surface area contributed by atoms with E-state index in [0.29, 0.717) is 25.4 Å². The lowest BCUT2D eigenvalue weighted by molar-refractivity contribution is -0.135. The zero-order valence-electron chi connectivity index (χ0n) is 18.0. The molecule has 0 aliphatic carbocycles. The molecule has 1 aliphatic rings. The van der Waals surface area contributed by atoms with E-state index in [1.54, 1.807) is 0 Å². The van der Waals surface area contributed by atoms with Crippen LogP contribution in [0.2, 0.25) is 5.02 Å². The van der Waals surface area contributed by atoms with Gasteiger partial charge in [0.25, 0.3) is 5.91 Å². The molecule has 0 aromatic heterocycles. The van der Waals surface area contributed by atoms with Crippen LogP contribution in [0.25, 0.3) is 0 Å². The number of rotatable bonds is 8. The summed E-state index contributed by atoms with van der Waals surface area (Å²) in [6, 6.07) is 25.3. The van der Waals surface area contributed by atoms with Crippen molar-refractivity contribution in [1.82, 2.24) is 9.80 Å². The van der Waals surface area contributed by atoms with E-state index < -0.39 is 0 Å². The standard InChI is InChI=1S/C26H27ClN2O3/c27-23-8-6-21(7-9-23)18-28-14-16-29(17-15-28)26(30)20-32-25-12-10-24(11-13-25)31-19-22-4-2-1-3-5-22/h1-13H,14-20H2. The smallest absolute Gasteiger partial charge is 0.260 e. The first-order valence-corrected chi connectivity index (χ1v) is 11.2. The molecule has 0 N–H and O–H groups in total. The van der Waals surface area contributed by atoms with E-state index in [-0.39, 0.29) is 12.5 Å². The van der Waals surface area contributed by atoms with Crippen molar-refractivity contribution in [2.24, 2.45) is 0 Å². The van der Waals surface area contributed by atoms with Crippen molar-refractivity contribution in [3.8, 4) is 11.5 Å². The maximum Gasteiger partial charge on any atom is 0.260 e. The Morgan fingerprint density at radius 3 is 2.03 bits per heavy atom. The van der Waals surface area contributed by atoms with Gasteiger partial charge in [0.2, 0.25) is 0 Å². The van der Waals surface area contributed by atoms with Crippen molar-refractivity contribution >= 4 is 17.5 Å². The van der Waals surface area contributed by atoms with Gasteiger partial charge >= 0.3 is 0 Å².